The Morgan fingerprint density at radius 1 is 1.26 bits per heavy atom. The summed E-state index contributed by atoms with van der Waals surface area (Å²) in [5, 5.41) is 24.1. The highest BCUT2D eigenvalue weighted by Gasteiger charge is 2.21. The fourth-order valence-corrected chi connectivity index (χ4v) is 2.03. The van der Waals surface area contributed by atoms with Crippen molar-refractivity contribution >= 4 is 5.69 Å². The van der Waals surface area contributed by atoms with Gasteiger partial charge in [-0.25, -0.2) is 0 Å². The molecule has 0 bridgehead atoms. The van der Waals surface area contributed by atoms with E-state index in [1.165, 1.54) is 0 Å². The van der Waals surface area contributed by atoms with Gasteiger partial charge in [0.1, 0.15) is 11.4 Å². The van der Waals surface area contributed by atoms with Crippen LogP contribution in [0.1, 0.15) is 22.5 Å². The first-order valence-corrected chi connectivity index (χ1v) is 5.90. The second-order valence-electron chi connectivity index (χ2n) is 4.41. The molecule has 1 N–H and O–H groups in total. The molecule has 1 heterocycles. The predicted molar refractivity (Wildman–Crippen MR) is 69.8 cm³/mol. The molecule has 0 radical (unpaired) electrons. The highest BCUT2D eigenvalue weighted by Crippen LogP contribution is 2.22. The van der Waals surface area contributed by atoms with E-state index in [2.05, 4.69) is 5.10 Å². The van der Waals surface area contributed by atoms with Gasteiger partial charge >= 0.3 is 5.69 Å². The van der Waals surface area contributed by atoms with E-state index < -0.39 is 4.92 Å². The molecule has 0 amide bonds. The van der Waals surface area contributed by atoms with Gasteiger partial charge in [0.05, 0.1) is 18.1 Å². The van der Waals surface area contributed by atoms with Gasteiger partial charge in [-0.05, 0) is 25.0 Å². The van der Waals surface area contributed by atoms with E-state index in [0.29, 0.717) is 17.9 Å². The minimum Gasteiger partial charge on any atom is -0.392 e. The van der Waals surface area contributed by atoms with Crippen LogP contribution in [0.15, 0.2) is 24.3 Å². The number of nitro groups is 1. The summed E-state index contributed by atoms with van der Waals surface area (Å²) >= 11 is 0. The third-order valence-electron chi connectivity index (χ3n) is 3.06. The van der Waals surface area contributed by atoms with Crippen molar-refractivity contribution < 1.29 is 10.0 Å². The summed E-state index contributed by atoms with van der Waals surface area (Å²) in [5.74, 6) is 0. The molecule has 19 heavy (non-hydrogen) atoms. The van der Waals surface area contributed by atoms with Crippen LogP contribution in [0.4, 0.5) is 5.69 Å². The molecular weight excluding hydrogens is 246 g/mol. The molecule has 0 aliphatic carbocycles. The van der Waals surface area contributed by atoms with Gasteiger partial charge in [-0.1, -0.05) is 24.3 Å². The minimum atomic E-state index is -0.400. The van der Waals surface area contributed by atoms with E-state index in [9.17, 15) is 10.1 Å². The average molecular weight is 261 g/mol. The molecule has 0 saturated heterocycles. The zero-order valence-corrected chi connectivity index (χ0v) is 10.8. The summed E-state index contributed by atoms with van der Waals surface area (Å²) < 4.78 is 1.63. The molecule has 0 spiro atoms. The average Bonchev–Trinajstić information content (AvgIpc) is 2.65. The number of aliphatic hydroxyl groups excluding tert-OH is 1. The Kier molecular flexibility index (Phi) is 3.62. The zero-order valence-electron chi connectivity index (χ0n) is 10.8. The number of hydrogen-bond donors (Lipinski definition) is 1. The number of benzene rings is 1. The van der Waals surface area contributed by atoms with Gasteiger partial charge in [-0.2, -0.15) is 5.10 Å². The molecule has 2 rings (SSSR count). The first-order chi connectivity index (χ1) is 9.02. The predicted octanol–water partition coefficient (Wildman–Crippen LogP) is 1.95. The quantitative estimate of drug-likeness (QED) is 0.673. The Bertz CT molecular complexity index is 602. The standard InChI is InChI=1S/C13H15N3O3/c1-9-13(16(18)19)10(2)15(14-9)7-11-3-5-12(8-17)6-4-11/h3-6,17H,7-8H2,1-2H3. The van der Waals surface area contributed by atoms with Gasteiger partial charge in [0.25, 0.3) is 0 Å². The van der Waals surface area contributed by atoms with E-state index in [-0.39, 0.29) is 12.3 Å². The van der Waals surface area contributed by atoms with Crippen LogP contribution in [0.5, 0.6) is 0 Å². The van der Waals surface area contributed by atoms with Crippen molar-refractivity contribution in [2.45, 2.75) is 27.0 Å². The van der Waals surface area contributed by atoms with Crippen LogP contribution in [0.2, 0.25) is 0 Å². The van der Waals surface area contributed by atoms with Crippen LogP contribution in [-0.2, 0) is 13.2 Å². The van der Waals surface area contributed by atoms with Crippen molar-refractivity contribution in [2.75, 3.05) is 0 Å². The van der Waals surface area contributed by atoms with E-state index >= 15 is 0 Å². The molecule has 6 nitrogen and oxygen atoms in total. The number of nitrogens with zero attached hydrogens (tertiary/aromatic N) is 3. The minimum absolute atomic E-state index is 0.00561. The van der Waals surface area contributed by atoms with Crippen LogP contribution in [-0.4, -0.2) is 19.8 Å². The lowest BCUT2D eigenvalue weighted by atomic mass is 10.1. The Labute approximate surface area is 110 Å². The number of aromatic nitrogens is 2. The van der Waals surface area contributed by atoms with Gasteiger partial charge in [0.2, 0.25) is 0 Å². The second kappa shape index (κ2) is 5.19. The summed E-state index contributed by atoms with van der Waals surface area (Å²) in [5.41, 5.74) is 2.87. The molecule has 0 atom stereocenters. The highest BCUT2D eigenvalue weighted by atomic mass is 16.6. The van der Waals surface area contributed by atoms with Gasteiger partial charge in [0.15, 0.2) is 0 Å². The Balaban J connectivity index is 2.28. The smallest absolute Gasteiger partial charge is 0.312 e. The molecule has 0 unspecified atom stereocenters. The van der Waals surface area contributed by atoms with E-state index in [1.54, 1.807) is 18.5 Å². The Morgan fingerprint density at radius 3 is 2.32 bits per heavy atom. The number of aliphatic hydroxyl groups is 1. The lowest BCUT2D eigenvalue weighted by Crippen LogP contribution is -2.04. The van der Waals surface area contributed by atoms with Gasteiger partial charge in [0, 0.05) is 0 Å². The molecule has 2 aromatic rings. The summed E-state index contributed by atoms with van der Waals surface area (Å²) in [6.07, 6.45) is 0. The Morgan fingerprint density at radius 2 is 1.84 bits per heavy atom. The monoisotopic (exact) mass is 261 g/mol. The first kappa shape index (κ1) is 13.2. The molecule has 1 aromatic heterocycles. The summed E-state index contributed by atoms with van der Waals surface area (Å²) in [7, 11) is 0. The maximum absolute atomic E-state index is 10.9. The largest absolute Gasteiger partial charge is 0.392 e. The van der Waals surface area contributed by atoms with Gasteiger partial charge in [-0.3, -0.25) is 14.8 Å². The SMILES string of the molecule is Cc1nn(Cc2ccc(CO)cc2)c(C)c1[N+](=O)[O-]. The Hall–Kier alpha value is -2.21. The first-order valence-electron chi connectivity index (χ1n) is 5.90. The van der Waals surface area contributed by atoms with Gasteiger partial charge in [-0.15, -0.1) is 0 Å². The van der Waals surface area contributed by atoms with Crippen molar-refractivity contribution in [1.29, 1.82) is 0 Å². The topological polar surface area (TPSA) is 81.2 Å². The van der Waals surface area contributed by atoms with Crippen molar-refractivity contribution in [3.8, 4) is 0 Å². The summed E-state index contributed by atoms with van der Waals surface area (Å²) in [4.78, 5) is 10.5. The molecule has 0 aliphatic heterocycles. The lowest BCUT2D eigenvalue weighted by Gasteiger charge is -2.04. The molecule has 0 fully saturated rings. The number of aryl methyl sites for hydroxylation is 1. The van der Waals surface area contributed by atoms with Crippen molar-refractivity contribution in [1.82, 2.24) is 9.78 Å². The fraction of sp³-hybridized carbons (Fsp3) is 0.308. The number of hydrogen-bond acceptors (Lipinski definition) is 4. The van der Waals surface area contributed by atoms with Crippen molar-refractivity contribution in [3.05, 3.63) is 56.9 Å². The lowest BCUT2D eigenvalue weighted by molar-refractivity contribution is -0.386. The third kappa shape index (κ3) is 2.63. The molecule has 0 saturated carbocycles. The maximum Gasteiger partial charge on any atom is 0.312 e. The third-order valence-corrected chi connectivity index (χ3v) is 3.06. The molecule has 1 aromatic carbocycles. The highest BCUT2D eigenvalue weighted by molar-refractivity contribution is 5.40. The van der Waals surface area contributed by atoms with Crippen molar-refractivity contribution in [3.63, 3.8) is 0 Å². The van der Waals surface area contributed by atoms with E-state index in [4.69, 9.17) is 5.11 Å². The van der Waals surface area contributed by atoms with E-state index in [1.807, 2.05) is 24.3 Å². The van der Waals surface area contributed by atoms with E-state index in [0.717, 1.165) is 11.1 Å². The number of rotatable bonds is 4. The van der Waals surface area contributed by atoms with Gasteiger partial charge < -0.3 is 5.11 Å². The summed E-state index contributed by atoms with van der Waals surface area (Å²) in [6, 6.07) is 7.42. The maximum atomic E-state index is 10.9. The van der Waals surface area contributed by atoms with Crippen LogP contribution >= 0.6 is 0 Å². The van der Waals surface area contributed by atoms with Crippen LogP contribution < -0.4 is 0 Å². The normalized spacial score (nSPS) is 10.7. The molecule has 0 aliphatic rings. The van der Waals surface area contributed by atoms with Crippen LogP contribution in [0.25, 0.3) is 0 Å². The molecule has 6 heteroatoms. The molecule has 100 valence electrons. The second-order valence-corrected chi connectivity index (χ2v) is 4.41. The zero-order chi connectivity index (χ0) is 14.0. The summed E-state index contributed by atoms with van der Waals surface area (Å²) in [6.45, 7) is 3.81. The molecular formula is C13H15N3O3. The fourth-order valence-electron chi connectivity index (χ4n) is 2.03. The van der Waals surface area contributed by atoms with Crippen molar-refractivity contribution in [2.24, 2.45) is 0 Å². The van der Waals surface area contributed by atoms with Crippen LogP contribution in [0.3, 0.4) is 0 Å². The van der Waals surface area contributed by atoms with Crippen LogP contribution in [0, 0.1) is 24.0 Å².